The van der Waals surface area contributed by atoms with Crippen LogP contribution in [0, 0.1) is 0 Å². The number of allylic oxidation sites excluding steroid dienone is 6. The highest BCUT2D eigenvalue weighted by molar-refractivity contribution is 7.47. The molecule has 1 aliphatic carbocycles. The van der Waals surface area contributed by atoms with E-state index in [-0.39, 0.29) is 12.8 Å². The minimum absolute atomic E-state index is 0.0525. The standard InChI is InChI=1S/C80H139O43P/c1-3-5-7-9-11-13-15-17-18-19-21-22-24-26-28-30-32-49(83)108-36-42(114-50(84)33-31-29-27-25-23-20-16-14-12-10-8-6-4-2)37-113-124(106,107)123-74-72(121-79-70(104)58(92)52(86)44(35-82)116-79)64(98)63(97)65(99)73(74)122-80-71(105)62(96)56(90)48(120-80)41-112-78-69(103)61(95)55(89)47(119-78)40-111-77-68(102)60(94)54(88)46(118-77)39-110-76-67(101)59(93)53(87)45(117-76)38-109-75-66(100)57(91)51(85)43(34-81)115-75/h13-16,18-19,42-48,51-82,85-105H,3-12,17,20-41H2,1-2H3,(H,106,107)/b15-13-,16-14-,19-18-/t42-,43?,44?,45?,46?,47?,48?,51+,52-,53+,54+,55+,56+,57?,58?,59?,60?,61?,62?,63+,64?,65?,66+,67+,68+,69+,70-,71+,72-,73?,74+,75-,76-,77-,78-,79-,80+/m1/s1. The second-order valence-electron chi connectivity index (χ2n) is 32.6. The molecule has 7 rings (SSSR count). The summed E-state index contributed by atoms with van der Waals surface area (Å²) in [5, 5.41) is 250. The van der Waals surface area contributed by atoms with Crippen molar-refractivity contribution in [3.05, 3.63) is 36.5 Å². The Morgan fingerprint density at radius 3 is 0.960 bits per heavy atom. The summed E-state index contributed by atoms with van der Waals surface area (Å²) in [5.41, 5.74) is 0. The number of aliphatic hydroxyl groups excluding tert-OH is 23. The number of ether oxygens (including phenoxy) is 14. The van der Waals surface area contributed by atoms with E-state index in [1.54, 1.807) is 0 Å². The molecule has 1 saturated carbocycles. The summed E-state index contributed by atoms with van der Waals surface area (Å²) in [6.07, 6.45) is -42.7. The molecule has 6 heterocycles. The summed E-state index contributed by atoms with van der Waals surface area (Å²) in [7, 11) is -5.89. The van der Waals surface area contributed by atoms with E-state index in [0.717, 1.165) is 83.5 Å². The summed E-state index contributed by atoms with van der Waals surface area (Å²) in [5.74, 6) is -1.53. The number of phosphoric ester groups is 1. The maximum Gasteiger partial charge on any atom is 0.472 e. The smallest absolute Gasteiger partial charge is 0.462 e. The van der Waals surface area contributed by atoms with Crippen molar-refractivity contribution < 1.29 is 212 Å². The van der Waals surface area contributed by atoms with Crippen molar-refractivity contribution in [1.29, 1.82) is 0 Å². The molecule has 0 aromatic carbocycles. The number of rotatable bonds is 54. The van der Waals surface area contributed by atoms with Crippen LogP contribution in [0.2, 0.25) is 0 Å². The van der Waals surface area contributed by atoms with E-state index in [9.17, 15) is 136 Å². The van der Waals surface area contributed by atoms with Gasteiger partial charge in [0.2, 0.25) is 0 Å². The van der Waals surface area contributed by atoms with Crippen LogP contribution in [-0.4, -0.2) is 414 Å². The summed E-state index contributed by atoms with van der Waals surface area (Å²) in [6, 6.07) is 0. The topological polar surface area (TPSA) is 684 Å². The lowest BCUT2D eigenvalue weighted by Crippen LogP contribution is -2.69. The van der Waals surface area contributed by atoms with Gasteiger partial charge in [-0.2, -0.15) is 0 Å². The Morgan fingerprint density at radius 2 is 0.605 bits per heavy atom. The molecule has 0 bridgehead atoms. The highest BCUT2D eigenvalue weighted by Crippen LogP contribution is 2.49. The first-order chi connectivity index (χ1) is 59.2. The molecule has 0 amide bonds. The van der Waals surface area contributed by atoms with Crippen LogP contribution in [-0.2, 0) is 89.5 Å². The van der Waals surface area contributed by atoms with E-state index in [4.69, 9.17) is 75.4 Å². The summed E-state index contributed by atoms with van der Waals surface area (Å²) < 4.78 is 104. The van der Waals surface area contributed by atoms with Crippen LogP contribution in [0.25, 0.3) is 0 Å². The van der Waals surface area contributed by atoms with Gasteiger partial charge < -0.3 is 189 Å². The van der Waals surface area contributed by atoms with Crippen molar-refractivity contribution in [3.63, 3.8) is 0 Å². The molecule has 16 unspecified atom stereocenters. The van der Waals surface area contributed by atoms with Crippen LogP contribution in [0.15, 0.2) is 36.5 Å². The first-order valence-corrected chi connectivity index (χ1v) is 44.9. The van der Waals surface area contributed by atoms with E-state index >= 15 is 0 Å². The third-order valence-electron chi connectivity index (χ3n) is 22.8. The molecular weight excluding hydrogens is 1680 g/mol. The van der Waals surface area contributed by atoms with Gasteiger partial charge in [0.15, 0.2) is 43.8 Å². The molecule has 0 radical (unpaired) electrons. The minimum Gasteiger partial charge on any atom is -0.462 e. The van der Waals surface area contributed by atoms with Crippen molar-refractivity contribution in [2.75, 3.05) is 52.9 Å². The minimum atomic E-state index is -5.89. The van der Waals surface area contributed by atoms with Gasteiger partial charge in [-0.1, -0.05) is 127 Å². The molecule has 7 fully saturated rings. The lowest BCUT2D eigenvalue weighted by molar-refractivity contribution is -0.365. The quantitative estimate of drug-likeness (QED) is 0.0118. The lowest BCUT2D eigenvalue weighted by Gasteiger charge is -2.49. The van der Waals surface area contributed by atoms with Gasteiger partial charge in [-0.3, -0.25) is 18.6 Å². The largest absolute Gasteiger partial charge is 0.472 e. The molecule has 43 nitrogen and oxygen atoms in total. The number of phosphoric acid groups is 1. The molecule has 0 aromatic rings. The Bertz CT molecular complexity index is 3100. The Hall–Kier alpha value is -3.13. The third-order valence-corrected chi connectivity index (χ3v) is 23.8. The SMILES string of the molecule is CCCCCC/C=C\C/C=C\CCCCCCCC(=O)OC[C@H](COP(=O)(O)O[C@@H]1C(O[C@@H]2OC(CO[C@@H]3OC(CO[C@@H]4OC(CO[C@@H]5OC(CO[C@@H]6OC(CO)[C@H](O)C(O)[C@@H]6O)[C@H](O)C(O)[C@@H]5O)[C@H](O)C(O)[C@@H]4O)[C@H](O)C(O)[C@@H]3O)[C@H](O)C(O)[C@@H]2O)C(O)[C@@H](O)C(O)[C@H]1O[C@H]1OC(CO)[C@@H](O)C(O)[C@H]1O)OC(=O)CCCCCCC/C=C\CCCCCC. The average Bonchev–Trinajstić information content (AvgIpc) is 0.755. The highest BCUT2D eigenvalue weighted by atomic mass is 31.2. The number of carbonyl (C=O) groups is 2. The fraction of sp³-hybridized carbons (Fsp3) is 0.900. The lowest BCUT2D eigenvalue weighted by atomic mass is 9.84. The summed E-state index contributed by atoms with van der Waals surface area (Å²) >= 11 is 0. The number of carbonyl (C=O) groups excluding carboxylic acids is 2. The zero-order valence-electron chi connectivity index (χ0n) is 70.1. The Morgan fingerprint density at radius 1 is 0.323 bits per heavy atom. The average molecular weight is 1820 g/mol. The molecule has 124 heavy (non-hydrogen) atoms. The zero-order chi connectivity index (χ0) is 90.9. The highest BCUT2D eigenvalue weighted by Gasteiger charge is 2.60. The fourth-order valence-corrected chi connectivity index (χ4v) is 16.0. The molecule has 0 aromatic heterocycles. The number of aliphatic hydroxyl groups is 23. The fourth-order valence-electron chi connectivity index (χ4n) is 15.0. The van der Waals surface area contributed by atoms with Gasteiger partial charge in [0.05, 0.1) is 46.2 Å². The summed E-state index contributed by atoms with van der Waals surface area (Å²) in [6.45, 7) is -2.99. The van der Waals surface area contributed by atoms with Crippen molar-refractivity contribution in [2.24, 2.45) is 0 Å². The third kappa shape index (κ3) is 32.4. The van der Waals surface area contributed by atoms with Crippen molar-refractivity contribution in [3.8, 4) is 0 Å². The molecule has 722 valence electrons. The van der Waals surface area contributed by atoms with E-state index in [1.807, 2.05) is 0 Å². The van der Waals surface area contributed by atoms with Crippen molar-refractivity contribution >= 4 is 19.8 Å². The molecule has 24 N–H and O–H groups in total. The molecule has 7 aliphatic rings. The second kappa shape index (κ2) is 55.4. The Balaban J connectivity index is 1.00. The second-order valence-corrected chi connectivity index (χ2v) is 34.0. The first kappa shape index (κ1) is 108. The van der Waals surface area contributed by atoms with Crippen LogP contribution < -0.4 is 0 Å². The number of unbranched alkanes of at least 4 members (excludes halogenated alkanes) is 18. The van der Waals surface area contributed by atoms with E-state index in [1.165, 1.54) is 38.5 Å². The predicted molar refractivity (Wildman–Crippen MR) is 422 cm³/mol. The van der Waals surface area contributed by atoms with E-state index in [0.29, 0.717) is 25.7 Å². The zero-order valence-corrected chi connectivity index (χ0v) is 71.0. The van der Waals surface area contributed by atoms with Gasteiger partial charge >= 0.3 is 19.8 Å². The van der Waals surface area contributed by atoms with Gasteiger partial charge in [-0.25, -0.2) is 4.57 Å². The normalized spacial score (nSPS) is 39.6. The Labute approximate surface area is 719 Å². The van der Waals surface area contributed by atoms with E-state index in [2.05, 4.69) is 50.3 Å². The first-order valence-electron chi connectivity index (χ1n) is 43.4. The molecule has 38 atom stereocenters. The van der Waals surface area contributed by atoms with Crippen LogP contribution >= 0.6 is 7.82 Å². The van der Waals surface area contributed by atoms with Crippen LogP contribution in [0.3, 0.4) is 0 Å². The van der Waals surface area contributed by atoms with Gasteiger partial charge in [0.25, 0.3) is 0 Å². The van der Waals surface area contributed by atoms with Gasteiger partial charge in [0, 0.05) is 12.8 Å². The van der Waals surface area contributed by atoms with Crippen LogP contribution in [0.1, 0.15) is 174 Å². The molecule has 6 saturated heterocycles. The van der Waals surface area contributed by atoms with Crippen LogP contribution in [0.4, 0.5) is 0 Å². The monoisotopic (exact) mass is 1820 g/mol. The Kier molecular flexibility index (Phi) is 48.2. The van der Waals surface area contributed by atoms with Crippen LogP contribution in [0.5, 0.6) is 0 Å². The number of esters is 2. The predicted octanol–water partition coefficient (Wildman–Crippen LogP) is -4.83. The maximum atomic E-state index is 14.5. The van der Waals surface area contributed by atoms with E-state index < -0.39 is 300 Å². The molecule has 6 aliphatic heterocycles. The molecule has 44 heteroatoms. The van der Waals surface area contributed by atoms with Gasteiger partial charge in [0.1, 0.15) is 190 Å². The van der Waals surface area contributed by atoms with Gasteiger partial charge in [-0.05, 0) is 70.6 Å². The molecule has 0 spiro atoms. The van der Waals surface area contributed by atoms with Crippen molar-refractivity contribution in [2.45, 2.75) is 401 Å². The summed E-state index contributed by atoms with van der Waals surface area (Å²) in [4.78, 5) is 38.4. The maximum absolute atomic E-state index is 14.5. The van der Waals surface area contributed by atoms with Crippen molar-refractivity contribution in [1.82, 2.24) is 0 Å². The number of hydrogen-bond donors (Lipinski definition) is 24. The van der Waals surface area contributed by atoms with Gasteiger partial charge in [-0.15, -0.1) is 0 Å². The number of hydrogen-bond acceptors (Lipinski definition) is 42. The molecular formula is C80H139O43P.